The molecular weight excluding hydrogens is 121 g/mol. The molecule has 1 aliphatic rings. The summed E-state index contributed by atoms with van der Waals surface area (Å²) in [6.45, 7) is 2.81. The van der Waals surface area contributed by atoms with E-state index in [1.165, 1.54) is 19.2 Å². The first kappa shape index (κ1) is 7.45. The standard InChI is InChI=1S/C8H14BN/c1-2-3-6-9-7-4-5-8-10-9/h4-5,7-8,10H,2-3,6H2,1H3. The van der Waals surface area contributed by atoms with Crippen LogP contribution in [0.1, 0.15) is 19.8 Å². The van der Waals surface area contributed by atoms with Crippen LogP contribution in [0.25, 0.3) is 0 Å². The molecule has 0 bridgehead atoms. The Labute approximate surface area is 63.3 Å². The zero-order chi connectivity index (χ0) is 7.23. The Hall–Kier alpha value is -0.655. The van der Waals surface area contributed by atoms with Crippen molar-refractivity contribution in [3.63, 3.8) is 0 Å². The fraction of sp³-hybridized carbons (Fsp3) is 0.500. The summed E-state index contributed by atoms with van der Waals surface area (Å²) in [5, 5.41) is 3.29. The third-order valence-electron chi connectivity index (χ3n) is 1.73. The lowest BCUT2D eigenvalue weighted by atomic mass is 9.57. The Morgan fingerprint density at radius 2 is 2.30 bits per heavy atom. The van der Waals surface area contributed by atoms with Gasteiger partial charge in [0, 0.05) is 0 Å². The van der Waals surface area contributed by atoms with Gasteiger partial charge >= 0.3 is 0 Å². The minimum atomic E-state index is 0.588. The van der Waals surface area contributed by atoms with Crippen molar-refractivity contribution in [3.05, 3.63) is 24.3 Å². The number of hydrogen-bond acceptors (Lipinski definition) is 1. The summed E-state index contributed by atoms with van der Waals surface area (Å²) in [6, 6.07) is 0. The molecule has 0 aromatic heterocycles. The Kier molecular flexibility index (Phi) is 3.13. The summed E-state index contributed by atoms with van der Waals surface area (Å²) in [4.78, 5) is 0. The predicted octanol–water partition coefficient (Wildman–Crippen LogP) is 1.99. The van der Waals surface area contributed by atoms with E-state index in [1.54, 1.807) is 0 Å². The highest BCUT2D eigenvalue weighted by Crippen LogP contribution is 2.02. The average molecular weight is 135 g/mol. The molecule has 0 fully saturated rings. The largest absolute Gasteiger partial charge is 0.430 e. The maximum Gasteiger partial charge on any atom is 0.278 e. The van der Waals surface area contributed by atoms with E-state index < -0.39 is 0 Å². The van der Waals surface area contributed by atoms with Crippen molar-refractivity contribution in [1.82, 2.24) is 5.23 Å². The van der Waals surface area contributed by atoms with Crippen molar-refractivity contribution in [2.75, 3.05) is 0 Å². The lowest BCUT2D eigenvalue weighted by Crippen LogP contribution is -2.28. The molecule has 54 valence electrons. The van der Waals surface area contributed by atoms with Crippen LogP contribution in [0.5, 0.6) is 0 Å². The molecule has 1 N–H and O–H groups in total. The van der Waals surface area contributed by atoms with Gasteiger partial charge in [-0.3, -0.25) is 0 Å². The Morgan fingerprint density at radius 1 is 1.40 bits per heavy atom. The molecule has 0 atom stereocenters. The van der Waals surface area contributed by atoms with E-state index in [1.807, 2.05) is 12.3 Å². The van der Waals surface area contributed by atoms with Crippen molar-refractivity contribution in [2.24, 2.45) is 0 Å². The summed E-state index contributed by atoms with van der Waals surface area (Å²) in [7, 11) is 0. The third kappa shape index (κ3) is 2.30. The highest BCUT2D eigenvalue weighted by Gasteiger charge is 2.07. The number of rotatable bonds is 3. The van der Waals surface area contributed by atoms with E-state index >= 15 is 0 Å². The smallest absolute Gasteiger partial charge is 0.278 e. The summed E-state index contributed by atoms with van der Waals surface area (Å²) < 4.78 is 0. The molecule has 0 amide bonds. The predicted molar refractivity (Wildman–Crippen MR) is 46.9 cm³/mol. The average Bonchev–Trinajstić information content (AvgIpc) is 2.03. The van der Waals surface area contributed by atoms with Gasteiger partial charge in [0.1, 0.15) is 0 Å². The first-order valence-corrected chi connectivity index (χ1v) is 4.03. The fourth-order valence-electron chi connectivity index (χ4n) is 1.09. The van der Waals surface area contributed by atoms with Crippen LogP contribution in [0.4, 0.5) is 0 Å². The molecule has 0 radical (unpaired) electrons. The Bertz CT molecular complexity index is 140. The van der Waals surface area contributed by atoms with Crippen molar-refractivity contribution >= 4 is 6.85 Å². The van der Waals surface area contributed by atoms with E-state index in [4.69, 9.17) is 0 Å². The lowest BCUT2D eigenvalue weighted by molar-refractivity contribution is 0.869. The highest BCUT2D eigenvalue weighted by molar-refractivity contribution is 6.62. The van der Waals surface area contributed by atoms with Crippen LogP contribution in [0, 0.1) is 0 Å². The lowest BCUT2D eigenvalue weighted by Gasteiger charge is -2.09. The molecule has 1 nitrogen and oxygen atoms in total. The van der Waals surface area contributed by atoms with E-state index in [0.29, 0.717) is 6.85 Å². The van der Waals surface area contributed by atoms with Gasteiger partial charge in [0.2, 0.25) is 0 Å². The van der Waals surface area contributed by atoms with E-state index in [9.17, 15) is 0 Å². The monoisotopic (exact) mass is 135 g/mol. The van der Waals surface area contributed by atoms with Crippen molar-refractivity contribution < 1.29 is 0 Å². The quantitative estimate of drug-likeness (QED) is 0.583. The van der Waals surface area contributed by atoms with Gasteiger partial charge in [-0.05, 0) is 18.6 Å². The topological polar surface area (TPSA) is 12.0 Å². The van der Waals surface area contributed by atoms with Crippen LogP contribution in [0.3, 0.4) is 0 Å². The molecule has 1 heterocycles. The number of nitrogens with one attached hydrogen (secondary N) is 1. The van der Waals surface area contributed by atoms with Gasteiger partial charge in [-0.1, -0.05) is 31.8 Å². The van der Waals surface area contributed by atoms with E-state index in [0.717, 1.165) is 0 Å². The molecule has 10 heavy (non-hydrogen) atoms. The highest BCUT2D eigenvalue weighted by atomic mass is 14.7. The molecule has 1 rings (SSSR count). The maximum atomic E-state index is 3.29. The number of unbranched alkanes of at least 4 members (excludes halogenated alkanes) is 1. The van der Waals surface area contributed by atoms with Crippen LogP contribution < -0.4 is 5.23 Å². The zero-order valence-electron chi connectivity index (χ0n) is 6.51. The minimum Gasteiger partial charge on any atom is -0.430 e. The molecule has 2 heteroatoms. The van der Waals surface area contributed by atoms with Crippen LogP contribution in [0.2, 0.25) is 6.32 Å². The van der Waals surface area contributed by atoms with Crippen LogP contribution in [-0.2, 0) is 0 Å². The SMILES string of the molecule is CCCCB1C=CC=CN1. The van der Waals surface area contributed by atoms with Gasteiger partial charge in [-0.25, -0.2) is 0 Å². The molecular formula is C8H14BN. The third-order valence-corrected chi connectivity index (χ3v) is 1.73. The van der Waals surface area contributed by atoms with Gasteiger partial charge in [0.25, 0.3) is 6.85 Å². The van der Waals surface area contributed by atoms with Crippen LogP contribution in [-0.4, -0.2) is 6.85 Å². The number of hydrogen-bond donors (Lipinski definition) is 1. The normalized spacial score (nSPS) is 15.5. The molecule has 0 aromatic carbocycles. The number of allylic oxidation sites excluding steroid dienone is 2. The molecule has 1 aliphatic heterocycles. The van der Waals surface area contributed by atoms with Gasteiger partial charge < -0.3 is 5.23 Å². The second kappa shape index (κ2) is 4.21. The maximum absolute atomic E-state index is 3.29. The van der Waals surface area contributed by atoms with Crippen molar-refractivity contribution in [1.29, 1.82) is 0 Å². The second-order valence-corrected chi connectivity index (χ2v) is 2.66. The minimum absolute atomic E-state index is 0.588. The summed E-state index contributed by atoms with van der Waals surface area (Å²) in [6.07, 6.45) is 10.0. The molecule has 0 saturated heterocycles. The molecule has 0 unspecified atom stereocenters. The van der Waals surface area contributed by atoms with E-state index in [2.05, 4.69) is 24.2 Å². The molecule has 0 aliphatic carbocycles. The van der Waals surface area contributed by atoms with Crippen LogP contribution >= 0.6 is 0 Å². The van der Waals surface area contributed by atoms with Crippen LogP contribution in [0.15, 0.2) is 24.3 Å². The molecule has 0 spiro atoms. The van der Waals surface area contributed by atoms with Crippen molar-refractivity contribution in [3.8, 4) is 0 Å². The van der Waals surface area contributed by atoms with Gasteiger partial charge in [-0.15, -0.1) is 0 Å². The zero-order valence-corrected chi connectivity index (χ0v) is 6.51. The van der Waals surface area contributed by atoms with Gasteiger partial charge in [-0.2, -0.15) is 0 Å². The summed E-state index contributed by atoms with van der Waals surface area (Å²) >= 11 is 0. The van der Waals surface area contributed by atoms with Gasteiger partial charge in [0.15, 0.2) is 0 Å². The fourth-order valence-corrected chi connectivity index (χ4v) is 1.09. The first-order chi connectivity index (χ1) is 4.93. The second-order valence-electron chi connectivity index (χ2n) is 2.66. The summed E-state index contributed by atoms with van der Waals surface area (Å²) in [5.74, 6) is 2.22. The molecule has 0 aromatic rings. The summed E-state index contributed by atoms with van der Waals surface area (Å²) in [5.41, 5.74) is 0. The molecule has 0 saturated carbocycles. The Balaban J connectivity index is 2.17. The van der Waals surface area contributed by atoms with Gasteiger partial charge in [0.05, 0.1) is 0 Å². The van der Waals surface area contributed by atoms with E-state index in [-0.39, 0.29) is 0 Å². The van der Waals surface area contributed by atoms with Crippen molar-refractivity contribution in [2.45, 2.75) is 26.1 Å². The Morgan fingerprint density at radius 3 is 2.90 bits per heavy atom. The first-order valence-electron chi connectivity index (χ1n) is 4.03.